The standard InChI is InChI=1S/C24H19F3IN5O/c1-32-20-16-6-15(18(28)7-19(16)31-21(29)17(20)9-30-32)22(34)33-10-14-8-23(14,11-33)12-2-4-13(5-3-12)24(25,26)27/h2-7,9,14H,8,10-11H2,1H3,(H2,29,31)/t14-,23+/m0/s1. The summed E-state index contributed by atoms with van der Waals surface area (Å²) >= 11 is 2.14. The van der Waals surface area contributed by atoms with Gasteiger partial charge >= 0.3 is 6.18 Å². The Morgan fingerprint density at radius 2 is 1.94 bits per heavy atom. The van der Waals surface area contributed by atoms with Crippen LogP contribution in [-0.4, -0.2) is 38.7 Å². The molecule has 1 saturated carbocycles. The van der Waals surface area contributed by atoms with Gasteiger partial charge in [-0.25, -0.2) is 4.98 Å². The Morgan fingerprint density at radius 3 is 2.65 bits per heavy atom. The lowest BCUT2D eigenvalue weighted by molar-refractivity contribution is -0.137. The van der Waals surface area contributed by atoms with E-state index in [9.17, 15) is 18.0 Å². The first kappa shape index (κ1) is 21.6. The van der Waals surface area contributed by atoms with Crippen LogP contribution in [0.5, 0.6) is 0 Å². The van der Waals surface area contributed by atoms with E-state index in [1.165, 1.54) is 0 Å². The van der Waals surface area contributed by atoms with Gasteiger partial charge in [0.25, 0.3) is 5.91 Å². The first-order valence-corrected chi connectivity index (χ1v) is 11.8. The molecule has 34 heavy (non-hydrogen) atoms. The smallest absolute Gasteiger partial charge is 0.383 e. The number of hydrogen-bond acceptors (Lipinski definition) is 4. The van der Waals surface area contributed by atoms with Crippen molar-refractivity contribution in [2.24, 2.45) is 13.0 Å². The Morgan fingerprint density at radius 1 is 1.21 bits per heavy atom. The fourth-order valence-electron chi connectivity index (χ4n) is 5.39. The molecule has 2 N–H and O–H groups in total. The molecule has 2 aromatic carbocycles. The summed E-state index contributed by atoms with van der Waals surface area (Å²) in [5.41, 5.74) is 8.14. The van der Waals surface area contributed by atoms with Gasteiger partial charge in [-0.15, -0.1) is 0 Å². The van der Waals surface area contributed by atoms with Crippen molar-refractivity contribution in [2.45, 2.75) is 18.0 Å². The van der Waals surface area contributed by atoms with E-state index in [4.69, 9.17) is 5.73 Å². The first-order valence-electron chi connectivity index (χ1n) is 10.8. The summed E-state index contributed by atoms with van der Waals surface area (Å²) in [6.45, 7) is 1.09. The molecule has 0 radical (unpaired) electrons. The van der Waals surface area contributed by atoms with E-state index in [2.05, 4.69) is 32.7 Å². The number of pyridine rings is 1. The number of halogens is 4. The number of carbonyl (C=O) groups excluding carboxylic acids is 1. The monoisotopic (exact) mass is 577 g/mol. The number of alkyl halides is 3. The van der Waals surface area contributed by atoms with Crippen LogP contribution in [0.3, 0.4) is 0 Å². The van der Waals surface area contributed by atoms with Crippen LogP contribution in [0, 0.1) is 9.49 Å². The molecule has 10 heteroatoms. The van der Waals surface area contributed by atoms with E-state index in [1.54, 1.807) is 23.0 Å². The van der Waals surface area contributed by atoms with Gasteiger partial charge in [-0.3, -0.25) is 9.48 Å². The number of hydrogen-bond donors (Lipinski definition) is 1. The second kappa shape index (κ2) is 7.06. The van der Waals surface area contributed by atoms with Crippen molar-refractivity contribution < 1.29 is 18.0 Å². The van der Waals surface area contributed by atoms with Gasteiger partial charge in [0.05, 0.1) is 33.7 Å². The van der Waals surface area contributed by atoms with Crippen molar-refractivity contribution >= 4 is 56.1 Å². The molecule has 0 spiro atoms. The highest BCUT2D eigenvalue weighted by molar-refractivity contribution is 14.1. The summed E-state index contributed by atoms with van der Waals surface area (Å²) in [5, 5.41) is 5.83. The highest BCUT2D eigenvalue weighted by Crippen LogP contribution is 2.59. The van der Waals surface area contributed by atoms with E-state index < -0.39 is 11.7 Å². The SMILES string of the molecule is Cn1ncc2c(N)nc3cc(I)c(C(=O)N4C[C@@H]5C[C@]5(c5ccc(C(F)(F)F)cc5)C4)cc3c21. The number of aromatic nitrogens is 3. The normalized spacial score (nSPS) is 21.9. The third-order valence-electron chi connectivity index (χ3n) is 7.25. The number of nitrogens with two attached hydrogens (primary N) is 1. The highest BCUT2D eigenvalue weighted by atomic mass is 127. The molecule has 4 aromatic rings. The zero-order valence-electron chi connectivity index (χ0n) is 18.0. The van der Waals surface area contributed by atoms with Crippen LogP contribution in [0.25, 0.3) is 21.8 Å². The first-order chi connectivity index (χ1) is 16.1. The van der Waals surface area contributed by atoms with Crippen LogP contribution < -0.4 is 5.73 Å². The number of rotatable bonds is 2. The van der Waals surface area contributed by atoms with Gasteiger partial charge in [-0.1, -0.05) is 12.1 Å². The van der Waals surface area contributed by atoms with Crippen molar-refractivity contribution in [2.75, 3.05) is 18.8 Å². The van der Waals surface area contributed by atoms with Crippen molar-refractivity contribution in [3.05, 3.63) is 62.9 Å². The molecular formula is C24H19F3IN5O. The fourth-order valence-corrected chi connectivity index (χ4v) is 6.07. The molecule has 6 rings (SSSR count). The predicted octanol–water partition coefficient (Wildman–Crippen LogP) is 4.74. The van der Waals surface area contributed by atoms with Crippen molar-refractivity contribution in [3.8, 4) is 0 Å². The number of carbonyl (C=O) groups is 1. The minimum Gasteiger partial charge on any atom is -0.383 e. The largest absolute Gasteiger partial charge is 0.416 e. The molecule has 1 aliphatic carbocycles. The van der Waals surface area contributed by atoms with Gasteiger partial charge in [0.1, 0.15) is 5.82 Å². The van der Waals surface area contributed by atoms with E-state index in [0.29, 0.717) is 30.0 Å². The van der Waals surface area contributed by atoms with Crippen LogP contribution in [0.4, 0.5) is 19.0 Å². The maximum Gasteiger partial charge on any atom is 0.416 e. The van der Waals surface area contributed by atoms with Crippen molar-refractivity contribution in [1.82, 2.24) is 19.7 Å². The third-order valence-corrected chi connectivity index (χ3v) is 8.14. The van der Waals surface area contributed by atoms with Gasteiger partial charge in [-0.05, 0) is 64.8 Å². The topological polar surface area (TPSA) is 77.0 Å². The lowest BCUT2D eigenvalue weighted by Gasteiger charge is -2.22. The zero-order chi connectivity index (χ0) is 24.0. The van der Waals surface area contributed by atoms with Crippen LogP contribution in [-0.2, 0) is 18.6 Å². The number of fused-ring (bicyclic) bond motifs is 4. The molecular weight excluding hydrogens is 558 g/mol. The number of likely N-dealkylation sites (tertiary alicyclic amines) is 1. The number of benzene rings is 2. The summed E-state index contributed by atoms with van der Waals surface area (Å²) in [6.07, 6.45) is -1.81. The Balaban J connectivity index is 1.33. The zero-order valence-corrected chi connectivity index (χ0v) is 20.2. The summed E-state index contributed by atoms with van der Waals surface area (Å²) in [4.78, 5) is 19.9. The second-order valence-electron chi connectivity index (χ2n) is 9.19. The molecule has 1 amide bonds. The van der Waals surface area contributed by atoms with E-state index in [-0.39, 0.29) is 17.2 Å². The number of aryl methyl sites for hydroxylation is 1. The van der Waals surface area contributed by atoms with Crippen LogP contribution in [0.15, 0.2) is 42.6 Å². The Bertz CT molecular complexity index is 1500. The van der Waals surface area contributed by atoms with Crippen LogP contribution >= 0.6 is 22.6 Å². The van der Waals surface area contributed by atoms with E-state index >= 15 is 0 Å². The number of nitrogens with zero attached hydrogens (tertiary/aromatic N) is 4. The van der Waals surface area contributed by atoms with E-state index in [1.807, 2.05) is 24.1 Å². The second-order valence-corrected chi connectivity index (χ2v) is 10.4. The molecule has 0 bridgehead atoms. The molecule has 2 atom stereocenters. The van der Waals surface area contributed by atoms with Gasteiger partial charge in [0.15, 0.2) is 0 Å². The number of amides is 1. The summed E-state index contributed by atoms with van der Waals surface area (Å²) in [6, 6.07) is 9.10. The Hall–Kier alpha value is -2.89. The summed E-state index contributed by atoms with van der Waals surface area (Å²) in [5.74, 6) is 0.567. The Kier molecular flexibility index (Phi) is 4.49. The lowest BCUT2D eigenvalue weighted by atomic mass is 9.94. The summed E-state index contributed by atoms with van der Waals surface area (Å²) in [7, 11) is 1.82. The highest BCUT2D eigenvalue weighted by Gasteiger charge is 2.61. The lowest BCUT2D eigenvalue weighted by Crippen LogP contribution is -2.33. The molecule has 1 aliphatic heterocycles. The van der Waals surface area contributed by atoms with Gasteiger partial charge in [0.2, 0.25) is 0 Å². The maximum absolute atomic E-state index is 13.6. The predicted molar refractivity (Wildman–Crippen MR) is 130 cm³/mol. The number of nitrogen functional groups attached to an aromatic ring is 1. The average molecular weight is 577 g/mol. The molecule has 2 aliphatic rings. The number of anilines is 1. The Labute approximate surface area is 206 Å². The van der Waals surface area contributed by atoms with Crippen molar-refractivity contribution in [1.29, 1.82) is 0 Å². The maximum atomic E-state index is 13.6. The molecule has 6 nitrogen and oxygen atoms in total. The molecule has 2 aromatic heterocycles. The third kappa shape index (κ3) is 3.10. The van der Waals surface area contributed by atoms with E-state index in [0.717, 1.165) is 44.0 Å². The average Bonchev–Trinajstić information content (AvgIpc) is 3.13. The van der Waals surface area contributed by atoms with Crippen LogP contribution in [0.1, 0.15) is 27.9 Å². The van der Waals surface area contributed by atoms with Crippen LogP contribution in [0.2, 0.25) is 0 Å². The van der Waals surface area contributed by atoms with Gasteiger partial charge in [-0.2, -0.15) is 18.3 Å². The van der Waals surface area contributed by atoms with Gasteiger partial charge in [0, 0.05) is 34.5 Å². The molecule has 2 fully saturated rings. The summed E-state index contributed by atoms with van der Waals surface area (Å²) < 4.78 is 41.4. The minimum atomic E-state index is -4.36. The number of piperidine rings is 1. The molecule has 0 unspecified atom stereocenters. The molecule has 3 heterocycles. The van der Waals surface area contributed by atoms with Gasteiger partial charge < -0.3 is 10.6 Å². The minimum absolute atomic E-state index is 0.0862. The fraction of sp³-hybridized carbons (Fsp3) is 0.292. The quantitative estimate of drug-likeness (QED) is 0.350. The molecule has 174 valence electrons. The molecule has 1 saturated heterocycles. The van der Waals surface area contributed by atoms with Crippen molar-refractivity contribution in [3.63, 3.8) is 0 Å².